The average Bonchev–Trinajstić information content (AvgIpc) is 2.96. The molecule has 2 aliphatic rings. The number of aryl methyl sites for hydroxylation is 1. The number of fused-ring (bicyclic) bond motifs is 1. The molecule has 2 aliphatic heterocycles. The first-order valence-electron chi connectivity index (χ1n) is 9.89. The number of rotatable bonds is 6. The van der Waals surface area contributed by atoms with Crippen LogP contribution in [0, 0.1) is 5.82 Å². The van der Waals surface area contributed by atoms with Crippen molar-refractivity contribution in [3.05, 3.63) is 63.9 Å². The molecule has 2 aromatic rings. The van der Waals surface area contributed by atoms with E-state index in [4.69, 9.17) is 11.6 Å². The Labute approximate surface area is 182 Å². The Morgan fingerprint density at radius 2 is 1.81 bits per heavy atom. The highest BCUT2D eigenvalue weighted by atomic mass is 35.5. The summed E-state index contributed by atoms with van der Waals surface area (Å²) >= 11 is 6.13. The van der Waals surface area contributed by atoms with Gasteiger partial charge in [0.15, 0.2) is 0 Å². The highest BCUT2D eigenvalue weighted by Crippen LogP contribution is 2.31. The van der Waals surface area contributed by atoms with E-state index in [1.807, 2.05) is 18.2 Å². The minimum absolute atomic E-state index is 0.0242. The second-order valence-corrected chi connectivity index (χ2v) is 7.85. The summed E-state index contributed by atoms with van der Waals surface area (Å²) in [6, 6.07) is 8.70. The fraction of sp³-hybridized carbons (Fsp3) is 0.273. The van der Waals surface area contributed by atoms with Crippen LogP contribution in [-0.4, -0.2) is 41.1 Å². The predicted octanol–water partition coefficient (Wildman–Crippen LogP) is 2.93. The Bertz CT molecular complexity index is 1100. The van der Waals surface area contributed by atoms with E-state index in [0.29, 0.717) is 24.4 Å². The smallest absolute Gasteiger partial charge is 0.262 e. The van der Waals surface area contributed by atoms with Crippen LogP contribution in [0.25, 0.3) is 0 Å². The number of imide groups is 2. The fourth-order valence-electron chi connectivity index (χ4n) is 3.83. The molecule has 1 atom stereocenters. The summed E-state index contributed by atoms with van der Waals surface area (Å²) in [5.74, 6) is -3.23. The van der Waals surface area contributed by atoms with Gasteiger partial charge in [-0.05, 0) is 43.0 Å². The fourth-order valence-corrected chi connectivity index (χ4v) is 4.06. The number of hydrogen-bond acceptors (Lipinski definition) is 5. The Morgan fingerprint density at radius 1 is 1.10 bits per heavy atom. The molecule has 31 heavy (non-hydrogen) atoms. The molecule has 160 valence electrons. The lowest BCUT2D eigenvalue weighted by Gasteiger charge is -2.27. The highest BCUT2D eigenvalue weighted by molar-refractivity contribution is 6.31. The van der Waals surface area contributed by atoms with Crippen molar-refractivity contribution in [3.8, 4) is 0 Å². The molecule has 7 nitrogen and oxygen atoms in total. The molecule has 2 N–H and O–H groups in total. The Morgan fingerprint density at radius 3 is 2.52 bits per heavy atom. The first kappa shape index (κ1) is 21.0. The Balaban J connectivity index is 1.46. The molecule has 0 aliphatic carbocycles. The molecule has 4 rings (SSSR count). The molecule has 0 radical (unpaired) electrons. The van der Waals surface area contributed by atoms with E-state index in [1.165, 1.54) is 6.07 Å². The van der Waals surface area contributed by atoms with Crippen LogP contribution in [0.15, 0.2) is 36.4 Å². The summed E-state index contributed by atoms with van der Waals surface area (Å²) in [7, 11) is 0. The van der Waals surface area contributed by atoms with Gasteiger partial charge in [0.05, 0.1) is 16.8 Å². The number of carbonyl (C=O) groups excluding carboxylic acids is 4. The lowest BCUT2D eigenvalue weighted by Crippen LogP contribution is -2.54. The number of nitrogens with zero attached hydrogens (tertiary/aromatic N) is 1. The molecule has 0 aromatic heterocycles. The molecule has 9 heteroatoms. The molecule has 0 saturated carbocycles. The van der Waals surface area contributed by atoms with Crippen LogP contribution in [0.5, 0.6) is 0 Å². The quantitative estimate of drug-likeness (QED) is 0.528. The summed E-state index contributed by atoms with van der Waals surface area (Å²) in [6.45, 7) is 0.430. The van der Waals surface area contributed by atoms with Gasteiger partial charge in [0, 0.05) is 18.0 Å². The lowest BCUT2D eigenvalue weighted by atomic mass is 10.0. The van der Waals surface area contributed by atoms with E-state index >= 15 is 0 Å². The first-order valence-corrected chi connectivity index (χ1v) is 10.3. The Kier molecular flexibility index (Phi) is 5.73. The normalized spacial score (nSPS) is 18.3. The monoisotopic (exact) mass is 443 g/mol. The molecule has 4 amide bonds. The maximum absolute atomic E-state index is 14.6. The standard InChI is InChI=1S/C22H19ClFN3O4/c23-15-6-2-1-4-12(15)5-3-9-25-17-11-14-13(10-16(17)24)21(30)27(22(14)31)18-7-8-19(28)26-20(18)29/h1-2,4,6,10-11,18,25H,3,5,7-9H2,(H,26,28,29). The SMILES string of the molecule is O=C1CCC(N2C(=O)c3cc(F)c(NCCCc4ccccc4Cl)cc3C2=O)C(=O)N1. The van der Waals surface area contributed by atoms with Crippen LogP contribution in [0.1, 0.15) is 45.5 Å². The van der Waals surface area contributed by atoms with Crippen LogP contribution in [0.3, 0.4) is 0 Å². The molecule has 1 saturated heterocycles. The summed E-state index contributed by atoms with van der Waals surface area (Å²) in [6.07, 6.45) is 1.44. The van der Waals surface area contributed by atoms with Crippen molar-refractivity contribution in [2.24, 2.45) is 0 Å². The van der Waals surface area contributed by atoms with Gasteiger partial charge >= 0.3 is 0 Å². The van der Waals surface area contributed by atoms with Crippen LogP contribution >= 0.6 is 11.6 Å². The van der Waals surface area contributed by atoms with Gasteiger partial charge in [-0.1, -0.05) is 29.8 Å². The molecule has 0 spiro atoms. The number of anilines is 1. The van der Waals surface area contributed by atoms with Gasteiger partial charge in [-0.25, -0.2) is 4.39 Å². The van der Waals surface area contributed by atoms with Crippen molar-refractivity contribution >= 4 is 40.9 Å². The van der Waals surface area contributed by atoms with E-state index in [9.17, 15) is 23.6 Å². The van der Waals surface area contributed by atoms with E-state index in [1.54, 1.807) is 6.07 Å². The van der Waals surface area contributed by atoms with Crippen molar-refractivity contribution < 1.29 is 23.6 Å². The zero-order chi connectivity index (χ0) is 22.1. The molecule has 2 heterocycles. The number of piperidine rings is 1. The number of amides is 4. The number of nitrogens with one attached hydrogen (secondary N) is 2. The number of carbonyl (C=O) groups is 4. The van der Waals surface area contributed by atoms with Gasteiger partial charge in [0.1, 0.15) is 11.9 Å². The summed E-state index contributed by atoms with van der Waals surface area (Å²) < 4.78 is 14.6. The van der Waals surface area contributed by atoms with Crippen molar-refractivity contribution in [2.45, 2.75) is 31.7 Å². The highest BCUT2D eigenvalue weighted by Gasteiger charge is 2.45. The van der Waals surface area contributed by atoms with E-state index < -0.39 is 35.5 Å². The van der Waals surface area contributed by atoms with E-state index in [2.05, 4.69) is 10.6 Å². The largest absolute Gasteiger partial charge is 0.383 e. The third-order valence-corrected chi connectivity index (χ3v) is 5.79. The van der Waals surface area contributed by atoms with Gasteiger partial charge < -0.3 is 5.32 Å². The van der Waals surface area contributed by atoms with Crippen molar-refractivity contribution in [1.29, 1.82) is 0 Å². The zero-order valence-corrected chi connectivity index (χ0v) is 17.2. The summed E-state index contributed by atoms with van der Waals surface area (Å²) in [5.41, 5.74) is 1.03. The van der Waals surface area contributed by atoms with Gasteiger partial charge in [-0.15, -0.1) is 0 Å². The van der Waals surface area contributed by atoms with Crippen LogP contribution in [-0.2, 0) is 16.0 Å². The number of halogens is 2. The summed E-state index contributed by atoms with van der Waals surface area (Å²) in [4.78, 5) is 49.8. The van der Waals surface area contributed by atoms with E-state index in [-0.39, 0.29) is 29.7 Å². The van der Waals surface area contributed by atoms with Gasteiger partial charge in [-0.3, -0.25) is 29.4 Å². The molecule has 2 aromatic carbocycles. The maximum atomic E-state index is 14.6. The van der Waals surface area contributed by atoms with Crippen LogP contribution in [0.2, 0.25) is 5.02 Å². The number of benzene rings is 2. The third kappa shape index (κ3) is 4.03. The minimum atomic E-state index is -1.08. The molecule has 1 fully saturated rings. The van der Waals surface area contributed by atoms with Crippen molar-refractivity contribution in [2.75, 3.05) is 11.9 Å². The van der Waals surface area contributed by atoms with Crippen molar-refractivity contribution in [3.63, 3.8) is 0 Å². The lowest BCUT2D eigenvalue weighted by molar-refractivity contribution is -0.136. The second kappa shape index (κ2) is 8.47. The van der Waals surface area contributed by atoms with Crippen LogP contribution in [0.4, 0.5) is 10.1 Å². The van der Waals surface area contributed by atoms with E-state index in [0.717, 1.165) is 16.5 Å². The predicted molar refractivity (Wildman–Crippen MR) is 111 cm³/mol. The first-order chi connectivity index (χ1) is 14.9. The molecule has 0 bridgehead atoms. The second-order valence-electron chi connectivity index (χ2n) is 7.45. The van der Waals surface area contributed by atoms with Gasteiger partial charge in [0.25, 0.3) is 11.8 Å². The topological polar surface area (TPSA) is 95.6 Å². The number of hydrogen-bond donors (Lipinski definition) is 2. The molecular formula is C22H19ClFN3O4. The average molecular weight is 444 g/mol. The van der Waals surface area contributed by atoms with Crippen molar-refractivity contribution in [1.82, 2.24) is 10.2 Å². The Hall–Kier alpha value is -3.26. The maximum Gasteiger partial charge on any atom is 0.262 e. The van der Waals surface area contributed by atoms with Crippen LogP contribution < -0.4 is 10.6 Å². The summed E-state index contributed by atoms with van der Waals surface area (Å²) in [5, 5.41) is 5.75. The zero-order valence-electron chi connectivity index (χ0n) is 16.4. The van der Waals surface area contributed by atoms with Gasteiger partial charge in [-0.2, -0.15) is 0 Å². The minimum Gasteiger partial charge on any atom is -0.383 e. The molecular weight excluding hydrogens is 425 g/mol. The third-order valence-electron chi connectivity index (χ3n) is 5.42. The molecule has 1 unspecified atom stereocenters. The van der Waals surface area contributed by atoms with Gasteiger partial charge in [0.2, 0.25) is 11.8 Å².